The van der Waals surface area contributed by atoms with Gasteiger partial charge in [-0.1, -0.05) is 0 Å². The molecule has 0 spiro atoms. The number of hydrogen-bond acceptors (Lipinski definition) is 7. The first kappa shape index (κ1) is 23.0. The molecule has 1 N–H and O–H groups in total. The molecular formula is C21H21F3N4O5. The molecule has 33 heavy (non-hydrogen) atoms. The number of imide groups is 1. The number of hydrogen-bond donors (Lipinski definition) is 1. The summed E-state index contributed by atoms with van der Waals surface area (Å²) in [5.74, 6) is -3.52. The third-order valence-electron chi connectivity index (χ3n) is 6.46. The van der Waals surface area contributed by atoms with E-state index in [-0.39, 0.29) is 18.2 Å². The highest BCUT2D eigenvalue weighted by Gasteiger charge is 2.77. The fraction of sp³-hybridized carbons (Fsp3) is 0.571. The van der Waals surface area contributed by atoms with Gasteiger partial charge in [0.15, 0.2) is 5.69 Å². The number of ether oxygens (including phenoxy) is 2. The zero-order valence-electron chi connectivity index (χ0n) is 18.2. The average Bonchev–Trinajstić information content (AvgIpc) is 3.21. The molecule has 176 valence electrons. The van der Waals surface area contributed by atoms with Gasteiger partial charge < -0.3 is 14.8 Å². The molecule has 12 heteroatoms. The number of carbonyl (C=O) groups excluding carboxylic acids is 3. The molecule has 0 aromatic carbocycles. The van der Waals surface area contributed by atoms with Crippen molar-refractivity contribution in [3.63, 3.8) is 0 Å². The van der Waals surface area contributed by atoms with Gasteiger partial charge in [-0.3, -0.25) is 9.59 Å². The van der Waals surface area contributed by atoms with E-state index in [1.807, 2.05) is 0 Å². The molecule has 3 amide bonds. The number of carbonyl (C=O) groups is 3. The Morgan fingerprint density at radius 2 is 1.97 bits per heavy atom. The van der Waals surface area contributed by atoms with E-state index >= 15 is 0 Å². The normalized spacial score (nSPS) is 32.8. The van der Waals surface area contributed by atoms with Crippen LogP contribution in [0.3, 0.4) is 0 Å². The van der Waals surface area contributed by atoms with Gasteiger partial charge in [0.05, 0.1) is 34.9 Å². The van der Waals surface area contributed by atoms with Crippen LogP contribution < -0.4 is 10.2 Å². The first-order valence-electron chi connectivity index (χ1n) is 10.3. The number of rotatable bonds is 3. The number of anilines is 1. The summed E-state index contributed by atoms with van der Waals surface area (Å²) in [6.07, 6.45) is -5.42. The minimum absolute atomic E-state index is 0.141. The summed E-state index contributed by atoms with van der Waals surface area (Å²) in [6, 6.07) is 1.74. The number of pyridine rings is 1. The van der Waals surface area contributed by atoms with E-state index in [1.165, 1.54) is 6.07 Å². The standard InChI is InChI=1S/C21H21F3N4O5/c1-9(2)27-18(31)32-13-6-19(3)14-15(20(13,4)33-19)17(30)28(16(14)29)10-5-11(21(22,23)24)12(7-25)26-8-10/h5,8-9,13-15H,6H2,1-4H3,(H,27,31)/t13-,14-,15+,19-,20+/m1/s1. The number of alkyl carbamates (subject to hydrolysis) is 1. The Balaban J connectivity index is 1.70. The summed E-state index contributed by atoms with van der Waals surface area (Å²) < 4.78 is 51.7. The van der Waals surface area contributed by atoms with Gasteiger partial charge in [-0.15, -0.1) is 0 Å². The number of amides is 3. The van der Waals surface area contributed by atoms with Gasteiger partial charge in [0.25, 0.3) is 0 Å². The van der Waals surface area contributed by atoms with Crippen LogP contribution in [0, 0.1) is 23.2 Å². The fourth-order valence-corrected chi connectivity index (χ4v) is 5.19. The molecule has 4 heterocycles. The van der Waals surface area contributed by atoms with Crippen molar-refractivity contribution in [2.75, 3.05) is 4.90 Å². The number of alkyl halides is 3. The third-order valence-corrected chi connectivity index (χ3v) is 6.46. The summed E-state index contributed by atoms with van der Waals surface area (Å²) in [6.45, 7) is 6.67. The lowest BCUT2D eigenvalue weighted by Gasteiger charge is -2.34. The fourth-order valence-electron chi connectivity index (χ4n) is 5.19. The molecular weight excluding hydrogens is 445 g/mol. The predicted octanol–water partition coefficient (Wildman–Crippen LogP) is 2.53. The molecule has 0 saturated carbocycles. The molecule has 2 bridgehead atoms. The van der Waals surface area contributed by atoms with Crippen LogP contribution in [0.5, 0.6) is 0 Å². The topological polar surface area (TPSA) is 122 Å². The first-order valence-corrected chi connectivity index (χ1v) is 10.3. The molecule has 3 aliphatic rings. The van der Waals surface area contributed by atoms with Gasteiger partial charge in [0.1, 0.15) is 17.8 Å². The average molecular weight is 466 g/mol. The molecule has 3 fully saturated rings. The lowest BCUT2D eigenvalue weighted by atomic mass is 9.67. The predicted molar refractivity (Wildman–Crippen MR) is 104 cm³/mol. The van der Waals surface area contributed by atoms with E-state index in [1.54, 1.807) is 27.7 Å². The zero-order valence-corrected chi connectivity index (χ0v) is 18.2. The summed E-state index contributed by atoms with van der Waals surface area (Å²) in [4.78, 5) is 42.9. The molecule has 1 aromatic heterocycles. The highest BCUT2D eigenvalue weighted by molar-refractivity contribution is 6.23. The Bertz CT molecular complexity index is 1100. The molecule has 5 atom stereocenters. The molecule has 4 rings (SSSR count). The maximum absolute atomic E-state index is 13.4. The Labute approximate surface area is 186 Å². The van der Waals surface area contributed by atoms with Gasteiger partial charge >= 0.3 is 12.3 Å². The van der Waals surface area contributed by atoms with Crippen LogP contribution in [-0.4, -0.2) is 46.2 Å². The smallest absolute Gasteiger partial charge is 0.419 e. The van der Waals surface area contributed by atoms with E-state index < -0.39 is 64.5 Å². The first-order chi connectivity index (χ1) is 15.2. The molecule has 3 saturated heterocycles. The largest absolute Gasteiger partial charge is 0.443 e. The van der Waals surface area contributed by atoms with Crippen LogP contribution >= 0.6 is 0 Å². The quantitative estimate of drug-likeness (QED) is 0.680. The minimum atomic E-state index is -4.90. The highest BCUT2D eigenvalue weighted by atomic mass is 19.4. The molecule has 0 unspecified atom stereocenters. The molecule has 0 aliphatic carbocycles. The summed E-state index contributed by atoms with van der Waals surface area (Å²) >= 11 is 0. The second-order valence-electron chi connectivity index (χ2n) is 9.16. The van der Waals surface area contributed by atoms with Crippen molar-refractivity contribution in [3.05, 3.63) is 23.5 Å². The van der Waals surface area contributed by atoms with Crippen molar-refractivity contribution in [1.29, 1.82) is 5.26 Å². The maximum atomic E-state index is 13.4. The van der Waals surface area contributed by atoms with E-state index in [9.17, 15) is 27.6 Å². The summed E-state index contributed by atoms with van der Waals surface area (Å²) in [5, 5.41) is 11.5. The molecule has 9 nitrogen and oxygen atoms in total. The number of fused-ring (bicyclic) bond motifs is 5. The molecule has 0 radical (unpaired) electrons. The number of nitriles is 1. The van der Waals surface area contributed by atoms with E-state index in [4.69, 9.17) is 14.7 Å². The lowest BCUT2D eigenvalue weighted by Crippen LogP contribution is -2.52. The van der Waals surface area contributed by atoms with Crippen LogP contribution in [0.25, 0.3) is 0 Å². The van der Waals surface area contributed by atoms with E-state index in [0.29, 0.717) is 11.0 Å². The van der Waals surface area contributed by atoms with E-state index in [0.717, 1.165) is 6.20 Å². The van der Waals surface area contributed by atoms with Crippen LogP contribution in [-0.2, 0) is 25.2 Å². The van der Waals surface area contributed by atoms with Gasteiger partial charge in [-0.2, -0.15) is 18.4 Å². The third kappa shape index (κ3) is 3.33. The minimum Gasteiger partial charge on any atom is -0.443 e. The Hall–Kier alpha value is -3.20. The van der Waals surface area contributed by atoms with Crippen LogP contribution in [0.15, 0.2) is 12.3 Å². The van der Waals surface area contributed by atoms with Gasteiger partial charge in [0.2, 0.25) is 11.8 Å². The van der Waals surface area contributed by atoms with Crippen molar-refractivity contribution < 1.29 is 37.0 Å². The van der Waals surface area contributed by atoms with Crippen molar-refractivity contribution in [2.45, 2.75) is 63.6 Å². The van der Waals surface area contributed by atoms with Crippen molar-refractivity contribution in [3.8, 4) is 6.07 Å². The Morgan fingerprint density at radius 3 is 2.55 bits per heavy atom. The summed E-state index contributed by atoms with van der Waals surface area (Å²) in [5.41, 5.74) is -5.09. The zero-order chi connectivity index (χ0) is 24.5. The van der Waals surface area contributed by atoms with Crippen LogP contribution in [0.4, 0.5) is 23.7 Å². The number of halogens is 3. The number of nitrogens with one attached hydrogen (secondary N) is 1. The van der Waals surface area contributed by atoms with Gasteiger partial charge in [-0.25, -0.2) is 14.7 Å². The van der Waals surface area contributed by atoms with Crippen molar-refractivity contribution in [1.82, 2.24) is 10.3 Å². The van der Waals surface area contributed by atoms with Gasteiger partial charge in [-0.05, 0) is 33.8 Å². The second kappa shape index (κ2) is 7.15. The van der Waals surface area contributed by atoms with Crippen LogP contribution in [0.1, 0.15) is 45.4 Å². The SMILES string of the molecule is CC(C)NC(=O)O[C@@H]1C[C@@]2(C)O[C@]1(C)[C@@H]1C(=O)N(c3cnc(C#N)c(C(F)(F)F)c3)C(=O)[C@@H]12. The number of nitrogens with zero attached hydrogens (tertiary/aromatic N) is 3. The molecule has 1 aromatic rings. The number of aromatic nitrogens is 1. The maximum Gasteiger partial charge on any atom is 0.419 e. The van der Waals surface area contributed by atoms with Gasteiger partial charge in [0, 0.05) is 12.5 Å². The summed E-state index contributed by atoms with van der Waals surface area (Å²) in [7, 11) is 0. The molecule has 3 aliphatic heterocycles. The Morgan fingerprint density at radius 1 is 1.33 bits per heavy atom. The van der Waals surface area contributed by atoms with Crippen molar-refractivity contribution in [2.24, 2.45) is 11.8 Å². The Kier molecular flexibility index (Phi) is 4.98. The second-order valence-corrected chi connectivity index (χ2v) is 9.16. The lowest BCUT2D eigenvalue weighted by molar-refractivity contribution is -0.138. The van der Waals surface area contributed by atoms with Crippen molar-refractivity contribution >= 4 is 23.6 Å². The van der Waals surface area contributed by atoms with E-state index in [2.05, 4.69) is 10.3 Å². The monoisotopic (exact) mass is 466 g/mol. The highest BCUT2D eigenvalue weighted by Crippen LogP contribution is 2.61. The van der Waals surface area contributed by atoms with Crippen LogP contribution in [0.2, 0.25) is 0 Å².